The van der Waals surface area contributed by atoms with Gasteiger partial charge in [0.15, 0.2) is 11.6 Å². The summed E-state index contributed by atoms with van der Waals surface area (Å²) in [5.74, 6) is -1.72. The number of benzene rings is 3. The van der Waals surface area contributed by atoms with Crippen molar-refractivity contribution in [1.29, 1.82) is 0 Å². The molecule has 0 heterocycles. The second-order valence-electron chi connectivity index (χ2n) is 6.66. The molecule has 7 heteroatoms. The first kappa shape index (κ1) is 21.8. The molecule has 0 bridgehead atoms. The Morgan fingerprint density at radius 3 is 2.37 bits per heavy atom. The molecular weight excluding hydrogens is 428 g/mol. The zero-order valence-corrected chi connectivity index (χ0v) is 17.6. The van der Waals surface area contributed by atoms with Crippen LogP contribution in [-0.4, -0.2) is 11.7 Å². The van der Waals surface area contributed by atoms with E-state index < -0.39 is 11.7 Å². The lowest BCUT2D eigenvalue weighted by molar-refractivity contribution is -0.116. The van der Waals surface area contributed by atoms with Gasteiger partial charge in [-0.15, -0.1) is 0 Å². The topological polar surface area (TPSA) is 55.4 Å². The maximum absolute atomic E-state index is 15.0. The summed E-state index contributed by atoms with van der Waals surface area (Å²) in [6.45, 7) is 1.62. The molecular formula is C23H18Cl2FNO3. The summed E-state index contributed by atoms with van der Waals surface area (Å²) >= 11 is 12.3. The maximum atomic E-state index is 15.0. The quantitative estimate of drug-likeness (QED) is 0.478. The fourth-order valence-corrected chi connectivity index (χ4v) is 3.31. The van der Waals surface area contributed by atoms with Gasteiger partial charge in [0.2, 0.25) is 0 Å². The Morgan fingerprint density at radius 2 is 1.70 bits per heavy atom. The van der Waals surface area contributed by atoms with Crippen LogP contribution in [-0.2, 0) is 17.8 Å². The van der Waals surface area contributed by atoms with Gasteiger partial charge in [0.25, 0.3) is 5.91 Å². The molecule has 0 saturated heterocycles. The van der Waals surface area contributed by atoms with Crippen LogP contribution in [0.5, 0.6) is 5.75 Å². The summed E-state index contributed by atoms with van der Waals surface area (Å²) < 4.78 is 20.5. The van der Waals surface area contributed by atoms with Gasteiger partial charge >= 0.3 is 0 Å². The highest BCUT2D eigenvalue weighted by Gasteiger charge is 2.21. The predicted molar refractivity (Wildman–Crippen MR) is 116 cm³/mol. The number of halogens is 3. The first-order valence-electron chi connectivity index (χ1n) is 9.09. The molecule has 0 atom stereocenters. The van der Waals surface area contributed by atoms with Crippen molar-refractivity contribution >= 4 is 40.6 Å². The van der Waals surface area contributed by atoms with E-state index in [0.717, 1.165) is 5.56 Å². The molecule has 0 aliphatic rings. The lowest BCUT2D eigenvalue weighted by Crippen LogP contribution is -2.15. The number of Topliss-reactive ketones (excluding diaryl/α,β-unsaturated/α-hetero) is 1. The van der Waals surface area contributed by atoms with Gasteiger partial charge in [-0.05, 0) is 42.3 Å². The highest BCUT2D eigenvalue weighted by atomic mass is 35.5. The van der Waals surface area contributed by atoms with Crippen LogP contribution in [0.3, 0.4) is 0 Å². The molecule has 0 aliphatic carbocycles. The average Bonchev–Trinajstić information content (AvgIpc) is 2.70. The van der Waals surface area contributed by atoms with E-state index in [4.69, 9.17) is 27.9 Å². The second kappa shape index (κ2) is 9.74. The number of nitrogens with one attached hydrogen (secondary N) is 1. The summed E-state index contributed by atoms with van der Waals surface area (Å²) in [4.78, 5) is 23.9. The monoisotopic (exact) mass is 445 g/mol. The predicted octanol–water partition coefficient (Wildman–Crippen LogP) is 6.10. The summed E-state index contributed by atoms with van der Waals surface area (Å²) in [7, 11) is 0. The van der Waals surface area contributed by atoms with Crippen LogP contribution < -0.4 is 10.1 Å². The SMILES string of the molecule is CC(=O)Cc1ccc(NC(=O)c2c(Cl)ccc(OCc3ccccc3)c2F)c(Cl)c1. The van der Waals surface area contributed by atoms with Gasteiger partial charge in [0.1, 0.15) is 12.4 Å². The summed E-state index contributed by atoms with van der Waals surface area (Å²) in [5, 5.41) is 2.73. The molecule has 1 N–H and O–H groups in total. The third-order valence-corrected chi connectivity index (χ3v) is 4.88. The van der Waals surface area contributed by atoms with Crippen molar-refractivity contribution in [3.8, 4) is 5.75 Å². The van der Waals surface area contributed by atoms with Gasteiger partial charge < -0.3 is 10.1 Å². The summed E-state index contributed by atoms with van der Waals surface area (Å²) in [6.07, 6.45) is 0.231. The third-order valence-electron chi connectivity index (χ3n) is 4.25. The van der Waals surface area contributed by atoms with Crippen molar-refractivity contribution in [2.24, 2.45) is 0 Å². The standard InChI is InChI=1S/C23H18Cl2FNO3/c1-14(28)11-16-7-9-19(18(25)12-16)27-23(29)21-17(24)8-10-20(22(21)26)30-13-15-5-3-2-4-6-15/h2-10,12H,11,13H2,1H3,(H,27,29). The zero-order chi connectivity index (χ0) is 21.7. The maximum Gasteiger partial charge on any atom is 0.260 e. The number of ketones is 1. The molecule has 1 amide bonds. The van der Waals surface area contributed by atoms with Gasteiger partial charge in [-0.3, -0.25) is 9.59 Å². The molecule has 3 aromatic carbocycles. The van der Waals surface area contributed by atoms with E-state index in [9.17, 15) is 14.0 Å². The Bertz CT molecular complexity index is 1090. The van der Waals surface area contributed by atoms with Gasteiger partial charge in [0.05, 0.1) is 21.3 Å². The molecule has 0 radical (unpaired) electrons. The van der Waals surface area contributed by atoms with E-state index in [1.807, 2.05) is 30.3 Å². The van der Waals surface area contributed by atoms with E-state index >= 15 is 0 Å². The van der Waals surface area contributed by atoms with Crippen LogP contribution >= 0.6 is 23.2 Å². The summed E-state index contributed by atoms with van der Waals surface area (Å²) in [5.41, 5.74) is 1.51. The van der Waals surface area contributed by atoms with Crippen LogP contribution in [0.25, 0.3) is 0 Å². The molecule has 4 nitrogen and oxygen atoms in total. The van der Waals surface area contributed by atoms with Gasteiger partial charge in [-0.2, -0.15) is 0 Å². The summed E-state index contributed by atoms with van der Waals surface area (Å²) in [6, 6.07) is 16.8. The Morgan fingerprint density at radius 1 is 0.967 bits per heavy atom. The molecule has 154 valence electrons. The van der Waals surface area contributed by atoms with E-state index in [-0.39, 0.29) is 45.9 Å². The first-order chi connectivity index (χ1) is 14.3. The number of hydrogen-bond acceptors (Lipinski definition) is 3. The molecule has 0 spiro atoms. The van der Waals surface area contributed by atoms with Gasteiger partial charge in [0, 0.05) is 6.42 Å². The van der Waals surface area contributed by atoms with Crippen molar-refractivity contribution in [3.05, 3.63) is 93.2 Å². The Balaban J connectivity index is 1.79. The number of carbonyl (C=O) groups excluding carboxylic acids is 2. The molecule has 3 rings (SSSR count). The van der Waals surface area contributed by atoms with Crippen molar-refractivity contribution in [1.82, 2.24) is 0 Å². The highest BCUT2D eigenvalue weighted by Crippen LogP contribution is 2.30. The zero-order valence-electron chi connectivity index (χ0n) is 16.0. The molecule has 30 heavy (non-hydrogen) atoms. The molecule has 0 aliphatic heterocycles. The van der Waals surface area contributed by atoms with Crippen LogP contribution in [0.2, 0.25) is 10.0 Å². The average molecular weight is 446 g/mol. The van der Waals surface area contributed by atoms with Gasteiger partial charge in [-0.25, -0.2) is 4.39 Å². The Hall–Kier alpha value is -2.89. The van der Waals surface area contributed by atoms with Crippen molar-refractivity contribution in [2.75, 3.05) is 5.32 Å². The fraction of sp³-hybridized carbons (Fsp3) is 0.130. The molecule has 0 unspecified atom stereocenters. The van der Waals surface area contributed by atoms with E-state index in [2.05, 4.69) is 5.32 Å². The van der Waals surface area contributed by atoms with Crippen molar-refractivity contribution in [3.63, 3.8) is 0 Å². The normalized spacial score (nSPS) is 10.5. The second-order valence-corrected chi connectivity index (χ2v) is 7.47. The van der Waals surface area contributed by atoms with Crippen molar-refractivity contribution < 1.29 is 18.7 Å². The van der Waals surface area contributed by atoms with E-state index in [1.54, 1.807) is 18.2 Å². The fourth-order valence-electron chi connectivity index (χ4n) is 2.83. The van der Waals surface area contributed by atoms with E-state index in [1.165, 1.54) is 19.1 Å². The highest BCUT2D eigenvalue weighted by molar-refractivity contribution is 6.36. The molecule has 0 fully saturated rings. The van der Waals surface area contributed by atoms with Crippen LogP contribution in [0.15, 0.2) is 60.7 Å². The van der Waals surface area contributed by atoms with Gasteiger partial charge in [-0.1, -0.05) is 59.6 Å². The van der Waals surface area contributed by atoms with Crippen LogP contribution in [0.4, 0.5) is 10.1 Å². The molecule has 0 saturated carbocycles. The Labute approximate surface area is 183 Å². The number of hydrogen-bond donors (Lipinski definition) is 1. The molecule has 0 aromatic heterocycles. The number of carbonyl (C=O) groups is 2. The number of amides is 1. The molecule has 3 aromatic rings. The first-order valence-corrected chi connectivity index (χ1v) is 9.84. The van der Waals surface area contributed by atoms with E-state index in [0.29, 0.717) is 5.56 Å². The lowest BCUT2D eigenvalue weighted by atomic mass is 10.1. The van der Waals surface area contributed by atoms with Crippen LogP contribution in [0, 0.1) is 5.82 Å². The number of anilines is 1. The van der Waals surface area contributed by atoms with Crippen molar-refractivity contribution in [2.45, 2.75) is 20.0 Å². The largest absolute Gasteiger partial charge is 0.486 e. The smallest absolute Gasteiger partial charge is 0.260 e. The minimum Gasteiger partial charge on any atom is -0.486 e. The lowest BCUT2D eigenvalue weighted by Gasteiger charge is -2.13. The Kier molecular flexibility index (Phi) is 7.08. The third kappa shape index (κ3) is 5.38. The minimum atomic E-state index is -0.861. The van der Waals surface area contributed by atoms with Crippen LogP contribution in [0.1, 0.15) is 28.4 Å². The number of rotatable bonds is 7. The minimum absolute atomic E-state index is 0.0102. The number of ether oxygens (including phenoxy) is 1.